The highest BCUT2D eigenvalue weighted by Crippen LogP contribution is 2.29. The average Bonchev–Trinajstić information content (AvgIpc) is 3.14. The minimum absolute atomic E-state index is 0.261. The fraction of sp³-hybridized carbons (Fsp3) is 0.188. The predicted octanol–water partition coefficient (Wildman–Crippen LogP) is 4.39. The maximum absolute atomic E-state index is 4.46. The molecule has 0 spiro atoms. The van der Waals surface area contributed by atoms with Crippen LogP contribution in [-0.4, -0.2) is 4.98 Å². The Kier molecular flexibility index (Phi) is 4.25. The van der Waals surface area contributed by atoms with E-state index < -0.39 is 0 Å². The van der Waals surface area contributed by atoms with Crippen LogP contribution < -0.4 is 5.32 Å². The number of thiophene rings is 2. The SMILES string of the molecule is Cc1cccnc1CNC(c1cccs1)c1cccs1. The van der Waals surface area contributed by atoms with Gasteiger partial charge in [-0.2, -0.15) is 0 Å². The molecule has 4 heteroatoms. The van der Waals surface area contributed by atoms with Gasteiger partial charge in [0.1, 0.15) is 0 Å². The molecular weight excluding hydrogens is 284 g/mol. The van der Waals surface area contributed by atoms with E-state index in [9.17, 15) is 0 Å². The minimum Gasteiger partial charge on any atom is -0.299 e. The molecule has 102 valence electrons. The molecule has 3 heterocycles. The Hall–Kier alpha value is -1.49. The van der Waals surface area contributed by atoms with Crippen molar-refractivity contribution in [3.05, 3.63) is 74.4 Å². The molecule has 0 aromatic carbocycles. The van der Waals surface area contributed by atoms with Crippen LogP contribution in [0, 0.1) is 6.92 Å². The summed E-state index contributed by atoms with van der Waals surface area (Å²) in [6.07, 6.45) is 1.86. The first kappa shape index (κ1) is 13.5. The molecule has 3 aromatic rings. The molecule has 0 saturated carbocycles. The highest BCUT2D eigenvalue weighted by molar-refractivity contribution is 7.11. The van der Waals surface area contributed by atoms with Gasteiger partial charge in [-0.25, -0.2) is 0 Å². The average molecular weight is 300 g/mol. The van der Waals surface area contributed by atoms with Crippen LogP contribution in [0.15, 0.2) is 53.4 Å². The quantitative estimate of drug-likeness (QED) is 0.756. The molecule has 0 aliphatic heterocycles. The highest BCUT2D eigenvalue weighted by atomic mass is 32.1. The summed E-state index contributed by atoms with van der Waals surface area (Å²) >= 11 is 3.58. The van der Waals surface area contributed by atoms with E-state index in [1.54, 1.807) is 22.7 Å². The zero-order chi connectivity index (χ0) is 13.8. The molecular formula is C16H16N2S2. The lowest BCUT2D eigenvalue weighted by Gasteiger charge is -2.16. The molecule has 0 amide bonds. The van der Waals surface area contributed by atoms with Crippen molar-refractivity contribution in [2.24, 2.45) is 0 Å². The van der Waals surface area contributed by atoms with Crippen LogP contribution in [0.25, 0.3) is 0 Å². The summed E-state index contributed by atoms with van der Waals surface area (Å²) in [7, 11) is 0. The fourth-order valence-corrected chi connectivity index (χ4v) is 3.86. The van der Waals surface area contributed by atoms with Crippen LogP contribution in [0.4, 0.5) is 0 Å². The zero-order valence-corrected chi connectivity index (χ0v) is 12.9. The Balaban J connectivity index is 1.80. The molecule has 0 aliphatic rings. The van der Waals surface area contributed by atoms with Gasteiger partial charge in [0.05, 0.1) is 11.7 Å². The third-order valence-electron chi connectivity index (χ3n) is 3.25. The second-order valence-corrected chi connectivity index (χ2v) is 6.57. The molecule has 1 N–H and O–H groups in total. The predicted molar refractivity (Wildman–Crippen MR) is 86.3 cm³/mol. The number of rotatable bonds is 5. The van der Waals surface area contributed by atoms with Crippen molar-refractivity contribution in [2.75, 3.05) is 0 Å². The molecule has 0 saturated heterocycles. The van der Waals surface area contributed by atoms with Crippen molar-refractivity contribution in [3.8, 4) is 0 Å². The van der Waals surface area contributed by atoms with Crippen LogP contribution in [-0.2, 0) is 6.54 Å². The lowest BCUT2D eigenvalue weighted by molar-refractivity contribution is 0.610. The van der Waals surface area contributed by atoms with Crippen molar-refractivity contribution in [2.45, 2.75) is 19.5 Å². The van der Waals surface area contributed by atoms with Gasteiger partial charge in [-0.1, -0.05) is 18.2 Å². The summed E-state index contributed by atoms with van der Waals surface area (Å²) in [4.78, 5) is 7.15. The molecule has 0 aliphatic carbocycles. The largest absolute Gasteiger partial charge is 0.299 e. The third-order valence-corrected chi connectivity index (χ3v) is 5.12. The lowest BCUT2D eigenvalue weighted by Crippen LogP contribution is -2.21. The first-order chi connectivity index (χ1) is 9.84. The third kappa shape index (κ3) is 2.98. The molecule has 3 aromatic heterocycles. The van der Waals surface area contributed by atoms with E-state index in [0.717, 1.165) is 12.2 Å². The van der Waals surface area contributed by atoms with Crippen LogP contribution >= 0.6 is 22.7 Å². The van der Waals surface area contributed by atoms with Gasteiger partial charge >= 0.3 is 0 Å². The van der Waals surface area contributed by atoms with Crippen molar-refractivity contribution in [3.63, 3.8) is 0 Å². The molecule has 0 bridgehead atoms. The van der Waals surface area contributed by atoms with Crippen molar-refractivity contribution < 1.29 is 0 Å². The second-order valence-electron chi connectivity index (χ2n) is 4.61. The number of nitrogens with one attached hydrogen (secondary N) is 1. The van der Waals surface area contributed by atoms with Crippen LogP contribution in [0.1, 0.15) is 27.1 Å². The van der Waals surface area contributed by atoms with E-state index in [4.69, 9.17) is 0 Å². The van der Waals surface area contributed by atoms with Gasteiger partial charge in [-0.05, 0) is 41.4 Å². The zero-order valence-electron chi connectivity index (χ0n) is 11.2. The molecule has 0 radical (unpaired) electrons. The molecule has 0 atom stereocenters. The first-order valence-electron chi connectivity index (χ1n) is 6.55. The van der Waals surface area contributed by atoms with Gasteiger partial charge < -0.3 is 0 Å². The Morgan fingerprint density at radius 1 is 1.05 bits per heavy atom. The monoisotopic (exact) mass is 300 g/mol. The molecule has 3 rings (SSSR count). The van der Waals surface area contributed by atoms with Crippen LogP contribution in [0.2, 0.25) is 0 Å². The van der Waals surface area contributed by atoms with E-state index in [1.165, 1.54) is 15.3 Å². The van der Waals surface area contributed by atoms with Gasteiger partial charge in [0.25, 0.3) is 0 Å². The first-order valence-corrected chi connectivity index (χ1v) is 8.31. The van der Waals surface area contributed by atoms with E-state index in [2.05, 4.69) is 58.3 Å². The topological polar surface area (TPSA) is 24.9 Å². The van der Waals surface area contributed by atoms with Crippen LogP contribution in [0.3, 0.4) is 0 Å². The Bertz CT molecular complexity index is 611. The smallest absolute Gasteiger partial charge is 0.0768 e. The number of hydrogen-bond acceptors (Lipinski definition) is 4. The van der Waals surface area contributed by atoms with Crippen molar-refractivity contribution in [1.82, 2.24) is 10.3 Å². The van der Waals surface area contributed by atoms with Crippen LogP contribution in [0.5, 0.6) is 0 Å². The number of hydrogen-bond donors (Lipinski definition) is 1. The van der Waals surface area contributed by atoms with Gasteiger partial charge in [0.2, 0.25) is 0 Å². The fourth-order valence-electron chi connectivity index (χ4n) is 2.15. The number of nitrogens with zero attached hydrogens (tertiary/aromatic N) is 1. The highest BCUT2D eigenvalue weighted by Gasteiger charge is 2.16. The maximum Gasteiger partial charge on any atom is 0.0768 e. The molecule has 2 nitrogen and oxygen atoms in total. The summed E-state index contributed by atoms with van der Waals surface area (Å²) in [5.41, 5.74) is 2.35. The standard InChI is InChI=1S/C16H16N2S2/c1-12-5-2-8-17-13(12)11-18-16(14-6-3-9-19-14)15-7-4-10-20-15/h2-10,16,18H,11H2,1H3. The Morgan fingerprint density at radius 2 is 1.75 bits per heavy atom. The Morgan fingerprint density at radius 3 is 2.30 bits per heavy atom. The second kappa shape index (κ2) is 6.31. The van der Waals surface area contributed by atoms with E-state index >= 15 is 0 Å². The molecule has 0 unspecified atom stereocenters. The van der Waals surface area contributed by atoms with E-state index in [0.29, 0.717) is 0 Å². The number of pyridine rings is 1. The summed E-state index contributed by atoms with van der Waals surface area (Å²) in [5, 5.41) is 7.90. The lowest BCUT2D eigenvalue weighted by atomic mass is 10.1. The summed E-state index contributed by atoms with van der Waals surface area (Å²) in [5.74, 6) is 0. The number of aryl methyl sites for hydroxylation is 1. The van der Waals surface area contributed by atoms with E-state index in [-0.39, 0.29) is 6.04 Å². The van der Waals surface area contributed by atoms with Crippen molar-refractivity contribution >= 4 is 22.7 Å². The van der Waals surface area contributed by atoms with Crippen molar-refractivity contribution in [1.29, 1.82) is 0 Å². The normalized spacial score (nSPS) is 11.1. The van der Waals surface area contributed by atoms with Gasteiger partial charge in [0, 0.05) is 22.5 Å². The van der Waals surface area contributed by atoms with Gasteiger partial charge in [-0.3, -0.25) is 10.3 Å². The molecule has 20 heavy (non-hydrogen) atoms. The minimum atomic E-state index is 0.261. The maximum atomic E-state index is 4.46. The van der Waals surface area contributed by atoms with Gasteiger partial charge in [0.15, 0.2) is 0 Å². The summed E-state index contributed by atoms with van der Waals surface area (Å²) < 4.78 is 0. The summed E-state index contributed by atoms with van der Waals surface area (Å²) in [6.45, 7) is 2.89. The summed E-state index contributed by atoms with van der Waals surface area (Å²) in [6, 6.07) is 12.9. The molecule has 0 fully saturated rings. The van der Waals surface area contributed by atoms with E-state index in [1.807, 2.05) is 12.3 Å². The number of aromatic nitrogens is 1. The Labute approximate surface area is 127 Å². The van der Waals surface area contributed by atoms with Gasteiger partial charge in [-0.15, -0.1) is 22.7 Å².